The SMILES string of the molecule is CCN(CC)C(=O)CN1CCN(C(=O)c2cc(F)ccc2F)CC1. The second-order valence-corrected chi connectivity index (χ2v) is 5.76. The number of piperazine rings is 1. The predicted octanol–water partition coefficient (Wildman–Crippen LogP) is 1.59. The molecule has 7 heteroatoms. The molecule has 1 aliphatic heterocycles. The van der Waals surface area contributed by atoms with E-state index in [-0.39, 0.29) is 11.5 Å². The Balaban J connectivity index is 1.91. The minimum atomic E-state index is -0.722. The van der Waals surface area contributed by atoms with Crippen LogP contribution >= 0.6 is 0 Å². The van der Waals surface area contributed by atoms with Crippen LogP contribution in [0.4, 0.5) is 8.78 Å². The van der Waals surface area contributed by atoms with Crippen LogP contribution in [0.2, 0.25) is 0 Å². The summed E-state index contributed by atoms with van der Waals surface area (Å²) in [5.41, 5.74) is -0.248. The van der Waals surface area contributed by atoms with E-state index < -0.39 is 17.5 Å². The number of halogens is 2. The van der Waals surface area contributed by atoms with Gasteiger partial charge >= 0.3 is 0 Å². The van der Waals surface area contributed by atoms with Crippen molar-refractivity contribution in [1.29, 1.82) is 0 Å². The van der Waals surface area contributed by atoms with Gasteiger partial charge in [0.15, 0.2) is 0 Å². The van der Waals surface area contributed by atoms with Gasteiger partial charge in [-0.15, -0.1) is 0 Å². The molecule has 0 N–H and O–H groups in total. The van der Waals surface area contributed by atoms with Gasteiger partial charge in [0.25, 0.3) is 5.91 Å². The average Bonchev–Trinajstić information content (AvgIpc) is 2.58. The van der Waals surface area contributed by atoms with E-state index in [9.17, 15) is 18.4 Å². The molecule has 0 unspecified atom stereocenters. The number of carbonyl (C=O) groups is 2. The molecule has 5 nitrogen and oxygen atoms in total. The average molecular weight is 339 g/mol. The van der Waals surface area contributed by atoms with E-state index >= 15 is 0 Å². The van der Waals surface area contributed by atoms with Gasteiger partial charge in [0.1, 0.15) is 11.6 Å². The van der Waals surface area contributed by atoms with Gasteiger partial charge in [0.05, 0.1) is 12.1 Å². The van der Waals surface area contributed by atoms with Crippen LogP contribution in [0.5, 0.6) is 0 Å². The minimum absolute atomic E-state index is 0.0657. The number of amides is 2. The first-order valence-corrected chi connectivity index (χ1v) is 8.20. The molecule has 2 rings (SSSR count). The van der Waals surface area contributed by atoms with Gasteiger partial charge in [-0.3, -0.25) is 14.5 Å². The molecule has 132 valence electrons. The fourth-order valence-corrected chi connectivity index (χ4v) is 2.81. The third-order valence-electron chi connectivity index (χ3n) is 4.29. The van der Waals surface area contributed by atoms with Gasteiger partial charge in [-0.05, 0) is 32.0 Å². The van der Waals surface area contributed by atoms with Crippen molar-refractivity contribution in [2.24, 2.45) is 0 Å². The molecule has 0 radical (unpaired) electrons. The number of rotatable bonds is 5. The number of likely N-dealkylation sites (N-methyl/N-ethyl adjacent to an activating group) is 1. The zero-order valence-corrected chi connectivity index (χ0v) is 14.1. The largest absolute Gasteiger partial charge is 0.342 e. The van der Waals surface area contributed by atoms with Crippen molar-refractivity contribution in [3.63, 3.8) is 0 Å². The molecule has 0 atom stereocenters. The second-order valence-electron chi connectivity index (χ2n) is 5.76. The molecule has 1 aromatic rings. The lowest BCUT2D eigenvalue weighted by molar-refractivity contribution is -0.132. The second kappa shape index (κ2) is 8.19. The van der Waals surface area contributed by atoms with Crippen LogP contribution in [0.25, 0.3) is 0 Å². The summed E-state index contributed by atoms with van der Waals surface area (Å²) in [6, 6.07) is 2.87. The maximum atomic E-state index is 13.7. The first-order chi connectivity index (χ1) is 11.5. The van der Waals surface area contributed by atoms with E-state index in [2.05, 4.69) is 0 Å². The summed E-state index contributed by atoms with van der Waals surface area (Å²) in [4.78, 5) is 29.7. The Hall–Kier alpha value is -2.02. The summed E-state index contributed by atoms with van der Waals surface area (Å²) in [6.07, 6.45) is 0. The van der Waals surface area contributed by atoms with Crippen LogP contribution in [0, 0.1) is 11.6 Å². The lowest BCUT2D eigenvalue weighted by Gasteiger charge is -2.35. The van der Waals surface area contributed by atoms with Gasteiger partial charge < -0.3 is 9.80 Å². The Kier molecular flexibility index (Phi) is 6.25. The quantitative estimate of drug-likeness (QED) is 0.818. The first-order valence-electron chi connectivity index (χ1n) is 8.20. The van der Waals surface area contributed by atoms with Gasteiger partial charge in [0, 0.05) is 39.3 Å². The van der Waals surface area contributed by atoms with E-state index in [1.165, 1.54) is 4.90 Å². The van der Waals surface area contributed by atoms with Crippen LogP contribution in [0.15, 0.2) is 18.2 Å². The fourth-order valence-electron chi connectivity index (χ4n) is 2.81. The Morgan fingerprint density at radius 3 is 2.29 bits per heavy atom. The van der Waals surface area contributed by atoms with Crippen LogP contribution in [0.3, 0.4) is 0 Å². The molecule has 0 aromatic heterocycles. The molecule has 1 heterocycles. The van der Waals surface area contributed by atoms with Crippen molar-refractivity contribution < 1.29 is 18.4 Å². The lowest BCUT2D eigenvalue weighted by atomic mass is 10.1. The van der Waals surface area contributed by atoms with Crippen molar-refractivity contribution in [3.8, 4) is 0 Å². The number of benzene rings is 1. The van der Waals surface area contributed by atoms with Gasteiger partial charge in [-0.2, -0.15) is 0 Å². The Labute approximate surface area is 140 Å². The smallest absolute Gasteiger partial charge is 0.257 e. The Bertz CT molecular complexity index is 597. The number of hydrogen-bond donors (Lipinski definition) is 0. The van der Waals surface area contributed by atoms with Crippen molar-refractivity contribution in [1.82, 2.24) is 14.7 Å². The van der Waals surface area contributed by atoms with Gasteiger partial charge in [0.2, 0.25) is 5.91 Å². The predicted molar refractivity (Wildman–Crippen MR) is 86.6 cm³/mol. The molecule has 1 aromatic carbocycles. The van der Waals surface area contributed by atoms with Crippen molar-refractivity contribution in [2.45, 2.75) is 13.8 Å². The highest BCUT2D eigenvalue weighted by atomic mass is 19.1. The van der Waals surface area contributed by atoms with Crippen molar-refractivity contribution >= 4 is 11.8 Å². The van der Waals surface area contributed by atoms with Gasteiger partial charge in [-0.25, -0.2) is 8.78 Å². The summed E-state index contributed by atoms with van der Waals surface area (Å²) < 4.78 is 27.0. The molecule has 0 aliphatic carbocycles. The molecule has 1 aliphatic rings. The molecule has 2 amide bonds. The molecule has 1 saturated heterocycles. The third kappa shape index (κ3) is 4.29. The van der Waals surface area contributed by atoms with Crippen LogP contribution < -0.4 is 0 Å². The van der Waals surface area contributed by atoms with E-state index in [0.29, 0.717) is 45.8 Å². The summed E-state index contributed by atoms with van der Waals surface area (Å²) in [5.74, 6) is -1.80. The highest BCUT2D eigenvalue weighted by Gasteiger charge is 2.26. The maximum absolute atomic E-state index is 13.7. The number of nitrogens with zero attached hydrogens (tertiary/aromatic N) is 3. The molecule has 0 bridgehead atoms. The highest BCUT2D eigenvalue weighted by molar-refractivity contribution is 5.94. The molecule has 1 fully saturated rings. The van der Waals surface area contributed by atoms with Crippen molar-refractivity contribution in [3.05, 3.63) is 35.4 Å². The molecule has 0 saturated carbocycles. The molecular weight excluding hydrogens is 316 g/mol. The summed E-state index contributed by atoms with van der Waals surface area (Å²) in [5, 5.41) is 0. The standard InChI is InChI=1S/C17H23F2N3O2/c1-3-21(4-2)16(23)12-20-7-9-22(10-8-20)17(24)14-11-13(18)5-6-15(14)19/h5-6,11H,3-4,7-10,12H2,1-2H3. The zero-order chi connectivity index (χ0) is 17.7. The van der Waals surface area contributed by atoms with Gasteiger partial charge in [-0.1, -0.05) is 0 Å². The van der Waals surface area contributed by atoms with E-state index in [4.69, 9.17) is 0 Å². The normalized spacial score (nSPS) is 15.4. The molecule has 24 heavy (non-hydrogen) atoms. The highest BCUT2D eigenvalue weighted by Crippen LogP contribution is 2.14. The summed E-state index contributed by atoms with van der Waals surface area (Å²) >= 11 is 0. The zero-order valence-electron chi connectivity index (χ0n) is 14.1. The fraction of sp³-hybridized carbons (Fsp3) is 0.529. The van der Waals surface area contributed by atoms with Crippen LogP contribution in [-0.4, -0.2) is 72.3 Å². The van der Waals surface area contributed by atoms with Crippen LogP contribution in [-0.2, 0) is 4.79 Å². The topological polar surface area (TPSA) is 43.9 Å². The maximum Gasteiger partial charge on any atom is 0.257 e. The van der Waals surface area contributed by atoms with E-state index in [1.807, 2.05) is 18.7 Å². The Morgan fingerprint density at radius 1 is 1.08 bits per heavy atom. The lowest BCUT2D eigenvalue weighted by Crippen LogP contribution is -2.51. The third-order valence-corrected chi connectivity index (χ3v) is 4.29. The Morgan fingerprint density at radius 2 is 1.71 bits per heavy atom. The minimum Gasteiger partial charge on any atom is -0.342 e. The summed E-state index contributed by atoms with van der Waals surface area (Å²) in [7, 11) is 0. The molecular formula is C17H23F2N3O2. The number of carbonyl (C=O) groups excluding carboxylic acids is 2. The number of hydrogen-bond acceptors (Lipinski definition) is 3. The first kappa shape index (κ1) is 18.3. The van der Waals surface area contributed by atoms with E-state index in [0.717, 1.165) is 18.2 Å². The van der Waals surface area contributed by atoms with Crippen LogP contribution in [0.1, 0.15) is 24.2 Å². The summed E-state index contributed by atoms with van der Waals surface area (Å²) in [6.45, 7) is 7.39. The van der Waals surface area contributed by atoms with E-state index in [1.54, 1.807) is 4.90 Å². The monoisotopic (exact) mass is 339 g/mol. The van der Waals surface area contributed by atoms with Crippen molar-refractivity contribution in [2.75, 3.05) is 45.8 Å². The molecule has 0 spiro atoms.